The number of halogens is 1. The number of hydrogen-bond donors (Lipinski definition) is 2. The quantitative estimate of drug-likeness (QED) is 0.767. The number of hydrogen-bond acceptors (Lipinski definition) is 3. The van der Waals surface area contributed by atoms with Gasteiger partial charge in [0, 0.05) is 10.5 Å². The van der Waals surface area contributed by atoms with Crippen LogP contribution in [0.25, 0.3) is 0 Å². The highest BCUT2D eigenvalue weighted by Gasteiger charge is 2.26. The summed E-state index contributed by atoms with van der Waals surface area (Å²) in [7, 11) is -3.71. The first kappa shape index (κ1) is 18.4. The van der Waals surface area contributed by atoms with Crippen LogP contribution in [0.4, 0.5) is 0 Å². The minimum Gasteiger partial charge on any atom is -0.352 e. The van der Waals surface area contributed by atoms with Crippen molar-refractivity contribution in [1.82, 2.24) is 10.0 Å². The van der Waals surface area contributed by atoms with Crippen molar-refractivity contribution in [3.05, 3.63) is 28.7 Å². The highest BCUT2D eigenvalue weighted by atomic mass is 79.9. The third-order valence-corrected chi connectivity index (χ3v) is 6.11. The van der Waals surface area contributed by atoms with Gasteiger partial charge in [-0.2, -0.15) is 4.72 Å². The topological polar surface area (TPSA) is 75.3 Å². The zero-order chi connectivity index (χ0) is 16.9. The first-order valence-electron chi connectivity index (χ1n) is 8.00. The van der Waals surface area contributed by atoms with Crippen LogP contribution < -0.4 is 10.0 Å². The molecule has 1 saturated carbocycles. The van der Waals surface area contributed by atoms with Crippen molar-refractivity contribution >= 4 is 31.9 Å². The Hall–Kier alpha value is -0.920. The molecule has 128 valence electrons. The van der Waals surface area contributed by atoms with Gasteiger partial charge in [0.1, 0.15) is 6.04 Å². The Bertz CT molecular complexity index is 625. The second kappa shape index (κ2) is 8.26. The molecular weight excluding hydrogens is 380 g/mol. The van der Waals surface area contributed by atoms with Crippen molar-refractivity contribution in [1.29, 1.82) is 0 Å². The molecule has 5 nitrogen and oxygen atoms in total. The first-order valence-corrected chi connectivity index (χ1v) is 10.3. The van der Waals surface area contributed by atoms with Crippen LogP contribution >= 0.6 is 15.9 Å². The van der Waals surface area contributed by atoms with E-state index in [2.05, 4.69) is 26.0 Å². The zero-order valence-corrected chi connectivity index (χ0v) is 15.6. The number of carbonyl (C=O) groups excluding carboxylic acids is 1. The lowest BCUT2D eigenvalue weighted by Gasteiger charge is -2.25. The van der Waals surface area contributed by atoms with Crippen LogP contribution in [-0.4, -0.2) is 26.4 Å². The van der Waals surface area contributed by atoms with Gasteiger partial charge in [0.15, 0.2) is 0 Å². The SMILES string of the molecule is CCC(NS(=O)(=O)c1ccc(Br)cc1)C(=O)NC1CCCCC1. The third kappa shape index (κ3) is 5.29. The number of rotatable bonds is 6. The van der Waals surface area contributed by atoms with Gasteiger partial charge in [-0.25, -0.2) is 8.42 Å². The average molecular weight is 403 g/mol. The van der Waals surface area contributed by atoms with Crippen LogP contribution in [0, 0.1) is 0 Å². The molecule has 1 unspecified atom stereocenters. The summed E-state index contributed by atoms with van der Waals surface area (Å²) in [5.41, 5.74) is 0. The van der Waals surface area contributed by atoms with E-state index < -0.39 is 16.1 Å². The van der Waals surface area contributed by atoms with Crippen molar-refractivity contribution in [2.24, 2.45) is 0 Å². The maximum Gasteiger partial charge on any atom is 0.241 e. The Balaban J connectivity index is 2.02. The third-order valence-electron chi connectivity index (χ3n) is 4.10. The molecule has 1 aliphatic carbocycles. The van der Waals surface area contributed by atoms with E-state index in [0.717, 1.165) is 30.2 Å². The molecule has 0 aromatic heterocycles. The molecule has 0 radical (unpaired) electrons. The van der Waals surface area contributed by atoms with Crippen LogP contribution in [-0.2, 0) is 14.8 Å². The lowest BCUT2D eigenvalue weighted by atomic mass is 9.95. The Kier molecular flexibility index (Phi) is 6.61. The van der Waals surface area contributed by atoms with Crippen LogP contribution in [0.15, 0.2) is 33.6 Å². The molecular formula is C16H23BrN2O3S. The fourth-order valence-corrected chi connectivity index (χ4v) is 4.28. The van der Waals surface area contributed by atoms with E-state index in [0.29, 0.717) is 6.42 Å². The maximum absolute atomic E-state index is 12.4. The van der Waals surface area contributed by atoms with Crippen molar-refractivity contribution in [2.75, 3.05) is 0 Å². The second-order valence-corrected chi connectivity index (χ2v) is 8.51. The highest BCUT2D eigenvalue weighted by Crippen LogP contribution is 2.18. The van der Waals surface area contributed by atoms with Crippen molar-refractivity contribution in [2.45, 2.75) is 62.4 Å². The van der Waals surface area contributed by atoms with Gasteiger partial charge in [-0.15, -0.1) is 0 Å². The number of benzene rings is 1. The summed E-state index contributed by atoms with van der Waals surface area (Å²) in [4.78, 5) is 12.5. The number of carbonyl (C=O) groups is 1. The Labute approximate surface area is 146 Å². The van der Waals surface area contributed by atoms with Crippen molar-refractivity contribution < 1.29 is 13.2 Å². The molecule has 2 N–H and O–H groups in total. The van der Waals surface area contributed by atoms with Gasteiger partial charge < -0.3 is 5.32 Å². The van der Waals surface area contributed by atoms with Gasteiger partial charge in [0.05, 0.1) is 4.90 Å². The van der Waals surface area contributed by atoms with Gasteiger partial charge in [-0.3, -0.25) is 4.79 Å². The molecule has 7 heteroatoms. The molecule has 0 heterocycles. The lowest BCUT2D eigenvalue weighted by Crippen LogP contribution is -2.49. The van der Waals surface area contributed by atoms with Gasteiger partial charge >= 0.3 is 0 Å². The highest BCUT2D eigenvalue weighted by molar-refractivity contribution is 9.10. The predicted octanol–water partition coefficient (Wildman–Crippen LogP) is 2.95. The van der Waals surface area contributed by atoms with Crippen LogP contribution in [0.1, 0.15) is 45.4 Å². The normalized spacial score (nSPS) is 17.7. The van der Waals surface area contributed by atoms with Gasteiger partial charge in [0.25, 0.3) is 0 Å². The van der Waals surface area contributed by atoms with E-state index in [1.54, 1.807) is 19.1 Å². The average Bonchev–Trinajstić information content (AvgIpc) is 2.54. The smallest absolute Gasteiger partial charge is 0.241 e. The predicted molar refractivity (Wildman–Crippen MR) is 93.6 cm³/mol. The summed E-state index contributed by atoms with van der Waals surface area (Å²) < 4.78 is 28.1. The molecule has 0 aliphatic heterocycles. The summed E-state index contributed by atoms with van der Waals surface area (Å²) in [6.07, 6.45) is 5.80. The molecule has 0 bridgehead atoms. The monoisotopic (exact) mass is 402 g/mol. The summed E-state index contributed by atoms with van der Waals surface area (Å²) in [5, 5.41) is 2.98. The summed E-state index contributed by atoms with van der Waals surface area (Å²) >= 11 is 3.28. The Morgan fingerprint density at radius 3 is 2.39 bits per heavy atom. The van der Waals surface area contributed by atoms with Gasteiger partial charge in [-0.05, 0) is 43.5 Å². The minimum atomic E-state index is -3.71. The summed E-state index contributed by atoms with van der Waals surface area (Å²) in [5.74, 6) is -0.236. The fraction of sp³-hybridized carbons (Fsp3) is 0.562. The molecule has 1 aromatic rings. The van der Waals surface area contributed by atoms with Crippen molar-refractivity contribution in [3.63, 3.8) is 0 Å². The van der Waals surface area contributed by atoms with Gasteiger partial charge in [-0.1, -0.05) is 42.1 Å². The van der Waals surface area contributed by atoms with E-state index in [1.807, 2.05) is 0 Å². The lowest BCUT2D eigenvalue weighted by molar-refractivity contribution is -0.123. The molecule has 1 aromatic carbocycles. The fourth-order valence-electron chi connectivity index (χ4n) is 2.74. The molecule has 1 aliphatic rings. The summed E-state index contributed by atoms with van der Waals surface area (Å²) in [6, 6.07) is 5.78. The molecule has 1 amide bonds. The van der Waals surface area contributed by atoms with E-state index in [-0.39, 0.29) is 16.8 Å². The van der Waals surface area contributed by atoms with Crippen LogP contribution in [0.2, 0.25) is 0 Å². The van der Waals surface area contributed by atoms with E-state index in [1.165, 1.54) is 18.6 Å². The number of sulfonamides is 1. The molecule has 1 fully saturated rings. The van der Waals surface area contributed by atoms with Crippen LogP contribution in [0.3, 0.4) is 0 Å². The Morgan fingerprint density at radius 1 is 1.22 bits per heavy atom. The molecule has 23 heavy (non-hydrogen) atoms. The van der Waals surface area contributed by atoms with Gasteiger partial charge in [0.2, 0.25) is 15.9 Å². The second-order valence-electron chi connectivity index (χ2n) is 5.88. The molecule has 0 saturated heterocycles. The standard InChI is InChI=1S/C16H23BrN2O3S/c1-2-15(16(20)18-13-6-4-3-5-7-13)19-23(21,22)14-10-8-12(17)9-11-14/h8-11,13,15,19H,2-7H2,1H3,(H,18,20). The summed E-state index contributed by atoms with van der Waals surface area (Å²) in [6.45, 7) is 1.80. The molecule has 2 rings (SSSR count). The maximum atomic E-state index is 12.4. The Morgan fingerprint density at radius 2 is 1.83 bits per heavy atom. The molecule has 1 atom stereocenters. The van der Waals surface area contributed by atoms with E-state index in [4.69, 9.17) is 0 Å². The first-order chi connectivity index (χ1) is 10.9. The van der Waals surface area contributed by atoms with E-state index >= 15 is 0 Å². The number of amides is 1. The number of nitrogens with one attached hydrogen (secondary N) is 2. The van der Waals surface area contributed by atoms with Crippen LogP contribution in [0.5, 0.6) is 0 Å². The largest absolute Gasteiger partial charge is 0.352 e. The molecule has 0 spiro atoms. The van der Waals surface area contributed by atoms with Crippen molar-refractivity contribution in [3.8, 4) is 0 Å². The minimum absolute atomic E-state index is 0.157. The van der Waals surface area contributed by atoms with E-state index in [9.17, 15) is 13.2 Å². The zero-order valence-electron chi connectivity index (χ0n) is 13.2.